The molecule has 0 nitrogen and oxygen atoms in total. The quantitative estimate of drug-likeness (QED) is 0.0391. The molecule has 0 unspecified atom stereocenters. The number of aryl methyl sites for hydroxylation is 2. The minimum atomic E-state index is 0. The molecule has 16 aromatic rings. The van der Waals surface area contributed by atoms with Gasteiger partial charge in [-0.2, -0.15) is 12.1 Å². The van der Waals surface area contributed by atoms with Crippen molar-refractivity contribution in [2.45, 2.75) is 90.9 Å². The molecule has 92 heavy (non-hydrogen) atoms. The molecule has 0 aromatic heterocycles. The second-order valence-electron chi connectivity index (χ2n) is 24.8. The molecule has 2 radical (unpaired) electrons. The summed E-state index contributed by atoms with van der Waals surface area (Å²) in [6, 6.07) is 100. The first-order chi connectivity index (χ1) is 44.6. The van der Waals surface area contributed by atoms with E-state index in [-0.39, 0.29) is 14.9 Å². The maximum absolute atomic E-state index is 3.06. The summed E-state index contributed by atoms with van der Waals surface area (Å²) < 4.78 is 0. The predicted octanol–water partition coefficient (Wildman–Crippen LogP) is 26.6. The zero-order valence-electron chi connectivity index (χ0n) is 53.9. The standard InChI is InChI=1S/2C44H37.2CH3.Si.Zr/c2*1-2-3-4-5-6-15-30-26-41-39(43-35-20-11-7-16-31(35)28-32-17-8-12-21-36(32)43)24-25-40(42(41)27-30)44-37-22-13-9-18-33(37)29-34-19-10-14-23-38(34)44;;;;/h2*7-14,16-29H,2-6,15H2,1H3;2*1H3;;/q4*-1;;. The number of rotatable bonds is 16. The van der Waals surface area contributed by atoms with Crippen LogP contribution in [-0.2, 0) is 36.2 Å². The van der Waals surface area contributed by atoms with Crippen LogP contribution in [0.4, 0.5) is 0 Å². The SMILES string of the molecule is CCCCCCCc1cc2c(-c3c4ccccc4cc4ccccc34)ccc(-c3c4ccccc4cc4ccccc34)c2[cH-]1.CCCCCCCc1cc2c(-c3c4ccccc4cc4ccccc34)ccc(-c3c4ccccc4cc4ccccc34)c2[cH-]1.[CH3-].[CH3-].[Si]=[Zr]. The Morgan fingerprint density at radius 3 is 0.717 bits per heavy atom. The molecular formula is C90H80SiZr-4. The summed E-state index contributed by atoms with van der Waals surface area (Å²) in [5.41, 5.74) is 13.6. The van der Waals surface area contributed by atoms with Crippen molar-refractivity contribution in [1.29, 1.82) is 0 Å². The summed E-state index contributed by atoms with van der Waals surface area (Å²) in [5.74, 6) is 0. The molecule has 0 spiro atoms. The Morgan fingerprint density at radius 1 is 0.250 bits per heavy atom. The Morgan fingerprint density at radius 2 is 0.467 bits per heavy atom. The van der Waals surface area contributed by atoms with Crippen LogP contribution in [0.15, 0.2) is 267 Å². The van der Waals surface area contributed by atoms with Crippen LogP contribution in [-0.4, -0.2) is 6.88 Å². The molecule has 0 aliphatic rings. The third-order valence-corrected chi connectivity index (χ3v) is 19.2. The van der Waals surface area contributed by atoms with E-state index in [1.54, 1.807) is 0 Å². The second-order valence-corrected chi connectivity index (χ2v) is 24.8. The minimum absolute atomic E-state index is 0. The average Bonchev–Trinajstić information content (AvgIpc) is 1.41. The molecule has 16 rings (SSSR count). The van der Waals surface area contributed by atoms with Crippen molar-refractivity contribution in [2.75, 3.05) is 0 Å². The zero-order valence-corrected chi connectivity index (χ0v) is 57.3. The van der Waals surface area contributed by atoms with Crippen LogP contribution in [0.2, 0.25) is 0 Å². The van der Waals surface area contributed by atoms with E-state index in [0.29, 0.717) is 0 Å². The predicted molar refractivity (Wildman–Crippen MR) is 404 cm³/mol. The number of hydrogen-bond donors (Lipinski definition) is 0. The van der Waals surface area contributed by atoms with Gasteiger partial charge in [0.05, 0.1) is 0 Å². The van der Waals surface area contributed by atoms with Crippen LogP contribution in [0.25, 0.3) is 152 Å². The Kier molecular flexibility index (Phi) is 20.0. The van der Waals surface area contributed by atoms with Gasteiger partial charge in [-0.15, -0.1) is 44.8 Å². The molecule has 0 N–H and O–H groups in total. The molecule has 0 amide bonds. The van der Waals surface area contributed by atoms with Gasteiger partial charge in [0.15, 0.2) is 0 Å². The summed E-state index contributed by atoms with van der Waals surface area (Å²) >= 11 is 1.36. The maximum atomic E-state index is 3.06. The average molecular weight is 1280 g/mol. The summed E-state index contributed by atoms with van der Waals surface area (Å²) in [4.78, 5) is 0. The number of fused-ring (bicyclic) bond motifs is 10. The van der Waals surface area contributed by atoms with E-state index >= 15 is 0 Å². The number of benzene rings is 14. The molecule has 452 valence electrons. The normalized spacial score (nSPS) is 11.4. The van der Waals surface area contributed by atoms with Crippen LogP contribution >= 0.6 is 0 Å². The van der Waals surface area contributed by atoms with Crippen molar-refractivity contribution in [3.63, 3.8) is 0 Å². The van der Waals surface area contributed by atoms with Gasteiger partial charge in [-0.25, -0.2) is 0 Å². The molecule has 0 aliphatic carbocycles. The van der Waals surface area contributed by atoms with Crippen molar-refractivity contribution in [1.82, 2.24) is 0 Å². The van der Waals surface area contributed by atoms with E-state index in [0.717, 1.165) is 12.8 Å². The van der Waals surface area contributed by atoms with Crippen LogP contribution < -0.4 is 0 Å². The molecular weight excluding hydrogens is 1200 g/mol. The van der Waals surface area contributed by atoms with Gasteiger partial charge in [-0.1, -0.05) is 319 Å². The first kappa shape index (κ1) is 63.6. The van der Waals surface area contributed by atoms with Gasteiger partial charge < -0.3 is 14.9 Å². The summed E-state index contributed by atoms with van der Waals surface area (Å²) in [7, 11) is 0. The van der Waals surface area contributed by atoms with Crippen molar-refractivity contribution in [3.8, 4) is 44.5 Å². The molecule has 0 fully saturated rings. The van der Waals surface area contributed by atoms with Crippen LogP contribution in [0, 0.1) is 14.9 Å². The Balaban J connectivity index is 0.000000169. The first-order valence-electron chi connectivity index (χ1n) is 32.9. The van der Waals surface area contributed by atoms with E-state index in [9.17, 15) is 0 Å². The molecule has 16 aromatic carbocycles. The van der Waals surface area contributed by atoms with Crippen molar-refractivity contribution < 1.29 is 23.3 Å². The summed E-state index contributed by atoms with van der Waals surface area (Å²) in [5, 5.41) is 26.3. The molecule has 0 aliphatic heterocycles. The zero-order chi connectivity index (χ0) is 60.9. The first-order valence-corrected chi connectivity index (χ1v) is 37.1. The van der Waals surface area contributed by atoms with Crippen LogP contribution in [0.3, 0.4) is 0 Å². The molecule has 0 saturated carbocycles. The molecule has 0 heterocycles. The van der Waals surface area contributed by atoms with Gasteiger partial charge in [0, 0.05) is 0 Å². The van der Waals surface area contributed by atoms with Gasteiger partial charge in [-0.3, -0.25) is 0 Å². The fourth-order valence-corrected chi connectivity index (χ4v) is 15.0. The van der Waals surface area contributed by atoms with E-state index in [4.69, 9.17) is 0 Å². The van der Waals surface area contributed by atoms with Gasteiger partial charge in [0.1, 0.15) is 0 Å². The summed E-state index contributed by atoms with van der Waals surface area (Å²) in [6.07, 6.45) is 15.2. The van der Waals surface area contributed by atoms with Gasteiger partial charge >= 0.3 is 30.2 Å². The van der Waals surface area contributed by atoms with Crippen LogP contribution in [0.5, 0.6) is 0 Å². The Hall–Kier alpha value is -8.52. The van der Waals surface area contributed by atoms with Gasteiger partial charge in [0.2, 0.25) is 0 Å². The van der Waals surface area contributed by atoms with Gasteiger partial charge in [0.25, 0.3) is 0 Å². The fraction of sp³-hybridized carbons (Fsp3) is 0.156. The third-order valence-electron chi connectivity index (χ3n) is 19.2. The van der Waals surface area contributed by atoms with Crippen molar-refractivity contribution in [2.24, 2.45) is 0 Å². The Bertz CT molecular complexity index is 4430. The third kappa shape index (κ3) is 12.3. The molecule has 2 heteroatoms. The Labute approximate surface area is 561 Å². The van der Waals surface area contributed by atoms with E-state index < -0.39 is 0 Å². The second kappa shape index (κ2) is 29.0. The molecule has 0 atom stereocenters. The number of hydrogen-bond acceptors (Lipinski definition) is 0. The topological polar surface area (TPSA) is 0 Å². The van der Waals surface area contributed by atoms with E-state index in [1.807, 2.05) is 0 Å². The molecule has 0 saturated heterocycles. The number of unbranched alkanes of at least 4 members (excludes halogenated alkanes) is 8. The molecule has 0 bridgehead atoms. The van der Waals surface area contributed by atoms with Gasteiger partial charge in [-0.05, 0) is 146 Å². The fourth-order valence-electron chi connectivity index (χ4n) is 15.0. The van der Waals surface area contributed by atoms with Crippen molar-refractivity contribution in [3.05, 3.63) is 293 Å². The van der Waals surface area contributed by atoms with E-state index in [1.165, 1.54) is 251 Å². The van der Waals surface area contributed by atoms with E-state index in [2.05, 4.69) is 288 Å². The summed E-state index contributed by atoms with van der Waals surface area (Å²) in [6.45, 7) is 7.65. The van der Waals surface area contributed by atoms with Crippen LogP contribution in [0.1, 0.15) is 89.2 Å². The monoisotopic (exact) mass is 1280 g/mol. The van der Waals surface area contributed by atoms with Crippen molar-refractivity contribution >= 4 is 115 Å².